The fraction of sp³-hybridized carbons (Fsp3) is 0.324. The molecule has 1 aromatic carbocycles. The number of hydrogen-bond acceptors (Lipinski definition) is 8. The van der Waals surface area contributed by atoms with Crippen molar-refractivity contribution >= 4 is 34.6 Å². The van der Waals surface area contributed by atoms with E-state index in [9.17, 15) is 9.59 Å². The number of fused-ring (bicyclic) bond motifs is 1. The number of carbonyl (C=O) groups excluding carboxylic acids is 1. The number of hydrogen-bond donors (Lipinski definition) is 3. The van der Waals surface area contributed by atoms with Gasteiger partial charge in [-0.2, -0.15) is 5.10 Å². The summed E-state index contributed by atoms with van der Waals surface area (Å²) in [6.07, 6.45) is 4.83. The average molecular weight is 676 g/mol. The third-order valence-electron chi connectivity index (χ3n) is 8.25. The summed E-state index contributed by atoms with van der Waals surface area (Å²) in [5, 5.41) is 15.2. The molecule has 0 spiro atoms. The molecule has 1 aliphatic heterocycles. The predicted octanol–water partition coefficient (Wildman–Crippen LogP) is 5.01. The van der Waals surface area contributed by atoms with Gasteiger partial charge in [0.05, 0.1) is 35.1 Å². The number of ether oxygens (including phenoxy) is 1. The monoisotopic (exact) mass is 674 g/mol. The lowest BCUT2D eigenvalue weighted by atomic mass is 10.00. The van der Waals surface area contributed by atoms with E-state index in [1.807, 2.05) is 50.2 Å². The lowest BCUT2D eigenvalue weighted by molar-refractivity contribution is -0.119. The Bertz CT molecular complexity index is 2020. The lowest BCUT2D eigenvalue weighted by Crippen LogP contribution is -2.35. The third kappa shape index (κ3) is 6.75. The molecule has 1 amide bonds. The zero-order chi connectivity index (χ0) is 33.2. The van der Waals surface area contributed by atoms with E-state index < -0.39 is 0 Å². The van der Waals surface area contributed by atoms with Crippen LogP contribution >= 0.6 is 23.2 Å². The van der Waals surface area contributed by atoms with Crippen molar-refractivity contribution in [3.05, 3.63) is 86.6 Å². The Morgan fingerprint density at radius 2 is 1.85 bits per heavy atom. The van der Waals surface area contributed by atoms with Crippen molar-refractivity contribution < 1.29 is 9.53 Å². The quantitative estimate of drug-likeness (QED) is 0.179. The van der Waals surface area contributed by atoms with E-state index in [1.54, 1.807) is 41.7 Å². The average Bonchev–Trinajstić information content (AvgIpc) is 3.68. The van der Waals surface area contributed by atoms with Crippen molar-refractivity contribution in [3.63, 3.8) is 0 Å². The van der Waals surface area contributed by atoms with Gasteiger partial charge in [0.2, 0.25) is 11.8 Å². The van der Waals surface area contributed by atoms with Crippen molar-refractivity contribution in [2.24, 2.45) is 7.05 Å². The molecule has 1 atom stereocenters. The van der Waals surface area contributed by atoms with Crippen LogP contribution in [-0.4, -0.2) is 55.8 Å². The van der Waals surface area contributed by atoms with Crippen LogP contribution in [0, 0.1) is 0 Å². The Kier molecular flexibility index (Phi) is 9.60. The van der Waals surface area contributed by atoms with Gasteiger partial charge in [0.1, 0.15) is 11.3 Å². The number of benzene rings is 1. The molecule has 5 heterocycles. The molecule has 5 aromatic rings. The summed E-state index contributed by atoms with van der Waals surface area (Å²) >= 11 is 14.1. The molecule has 0 unspecified atom stereocenters. The van der Waals surface area contributed by atoms with Crippen LogP contribution in [0.2, 0.25) is 10.0 Å². The Hall–Kier alpha value is -4.29. The van der Waals surface area contributed by atoms with Crippen LogP contribution in [0.25, 0.3) is 39.2 Å². The largest absolute Gasteiger partial charge is 0.481 e. The zero-order valence-electron chi connectivity index (χ0n) is 26.6. The maximum absolute atomic E-state index is 13.2. The molecule has 4 aromatic heterocycles. The second-order valence-electron chi connectivity index (χ2n) is 11.9. The van der Waals surface area contributed by atoms with Gasteiger partial charge in [-0.15, -0.1) is 0 Å². The molecule has 47 heavy (non-hydrogen) atoms. The summed E-state index contributed by atoms with van der Waals surface area (Å²) < 4.78 is 8.76. The molecule has 1 aliphatic rings. The Labute approximate surface area is 282 Å². The number of aromatic nitrogens is 5. The van der Waals surface area contributed by atoms with Gasteiger partial charge in [-0.05, 0) is 24.6 Å². The number of nitrogens with zero attached hydrogens (tertiary/aromatic N) is 5. The van der Waals surface area contributed by atoms with Crippen LogP contribution in [0.4, 0.5) is 0 Å². The van der Waals surface area contributed by atoms with Crippen molar-refractivity contribution in [1.29, 1.82) is 0 Å². The molecule has 13 heteroatoms. The van der Waals surface area contributed by atoms with Crippen molar-refractivity contribution in [2.45, 2.75) is 51.9 Å². The fourth-order valence-electron chi connectivity index (χ4n) is 5.69. The summed E-state index contributed by atoms with van der Waals surface area (Å²) in [5.74, 6) is 1.19. The standard InChI is InChI=1S/C34H36Cl2N8O3/c1-19(2)39-17-28-42-44-18-21(14-27(44)34(46)43(28)3)32-31(36)24(12-13-38-32)23-6-5-7-25(30(23)35)26-10-8-20(33(41-26)47-4)15-37-16-22-9-11-29(45)40-22/h5-8,10,12-14,18-19,22,37,39H,9,11,15-17H2,1-4H3,(H,40,45)/t22-/m1/s1. The zero-order valence-corrected chi connectivity index (χ0v) is 28.1. The molecule has 6 rings (SSSR count). The van der Waals surface area contributed by atoms with E-state index in [4.69, 9.17) is 32.9 Å². The van der Waals surface area contributed by atoms with Crippen molar-refractivity contribution in [2.75, 3.05) is 13.7 Å². The molecule has 11 nitrogen and oxygen atoms in total. The summed E-state index contributed by atoms with van der Waals surface area (Å²) in [7, 11) is 3.30. The topological polar surface area (TPSA) is 127 Å². The van der Waals surface area contributed by atoms with E-state index in [-0.39, 0.29) is 23.6 Å². The first-order valence-corrected chi connectivity index (χ1v) is 16.2. The van der Waals surface area contributed by atoms with E-state index in [2.05, 4.69) is 26.0 Å². The first kappa shape index (κ1) is 32.6. The molecule has 244 valence electrons. The van der Waals surface area contributed by atoms with Crippen LogP contribution in [0.3, 0.4) is 0 Å². The predicted molar refractivity (Wildman–Crippen MR) is 184 cm³/mol. The second-order valence-corrected chi connectivity index (χ2v) is 12.6. The van der Waals surface area contributed by atoms with Crippen LogP contribution in [0.1, 0.15) is 38.1 Å². The molecule has 0 aliphatic carbocycles. The van der Waals surface area contributed by atoms with Crippen LogP contribution in [-0.2, 0) is 24.9 Å². The number of halogens is 2. The molecule has 0 saturated carbocycles. The Morgan fingerprint density at radius 1 is 1.06 bits per heavy atom. The smallest absolute Gasteiger partial charge is 0.277 e. The van der Waals surface area contributed by atoms with Gasteiger partial charge in [0.25, 0.3) is 5.56 Å². The molecule has 3 N–H and O–H groups in total. The van der Waals surface area contributed by atoms with Crippen LogP contribution in [0.5, 0.6) is 5.88 Å². The van der Waals surface area contributed by atoms with Gasteiger partial charge in [0.15, 0.2) is 0 Å². The fourth-order valence-corrected chi connectivity index (χ4v) is 6.33. The number of nitrogens with one attached hydrogen (secondary N) is 3. The van der Waals surface area contributed by atoms with E-state index >= 15 is 0 Å². The first-order chi connectivity index (χ1) is 22.6. The molecule has 1 fully saturated rings. The molecular formula is C34H36Cl2N8O3. The summed E-state index contributed by atoms with van der Waals surface area (Å²) in [6, 6.07) is 13.5. The third-order valence-corrected chi connectivity index (χ3v) is 9.04. The molecule has 0 bridgehead atoms. The highest BCUT2D eigenvalue weighted by molar-refractivity contribution is 6.39. The van der Waals surface area contributed by atoms with Gasteiger partial charge in [-0.1, -0.05) is 61.3 Å². The first-order valence-electron chi connectivity index (χ1n) is 15.4. The number of methoxy groups -OCH3 is 1. The highest BCUT2D eigenvalue weighted by atomic mass is 35.5. The highest BCUT2D eigenvalue weighted by Crippen LogP contribution is 2.41. The number of carbonyl (C=O) groups is 1. The lowest BCUT2D eigenvalue weighted by Gasteiger charge is -2.15. The van der Waals surface area contributed by atoms with Gasteiger partial charge < -0.3 is 20.7 Å². The normalized spacial score (nSPS) is 14.7. The van der Waals surface area contributed by atoms with E-state index in [1.165, 1.54) is 0 Å². The minimum absolute atomic E-state index is 0.0932. The number of rotatable bonds is 11. The summed E-state index contributed by atoms with van der Waals surface area (Å²) in [6.45, 7) is 5.74. The van der Waals surface area contributed by atoms with E-state index in [0.29, 0.717) is 81.4 Å². The summed E-state index contributed by atoms with van der Waals surface area (Å²) in [5.41, 5.74) is 5.08. The minimum Gasteiger partial charge on any atom is -0.481 e. The molecular weight excluding hydrogens is 639 g/mol. The van der Waals surface area contributed by atoms with E-state index in [0.717, 1.165) is 17.5 Å². The van der Waals surface area contributed by atoms with Gasteiger partial charge in [0, 0.05) is 78.9 Å². The Balaban J connectivity index is 1.29. The van der Waals surface area contributed by atoms with Crippen molar-refractivity contribution in [1.82, 2.24) is 40.1 Å². The maximum atomic E-state index is 13.2. The molecule has 0 radical (unpaired) electrons. The second kappa shape index (κ2) is 13.8. The SMILES string of the molecule is COc1nc(-c2cccc(-c3ccnc(-c4cc5c(=O)n(C)c(CNC(C)C)nn5c4)c3Cl)c2Cl)ccc1CNC[C@H]1CCC(=O)N1. The van der Waals surface area contributed by atoms with Gasteiger partial charge in [-0.3, -0.25) is 19.1 Å². The minimum atomic E-state index is -0.165. The van der Waals surface area contributed by atoms with Gasteiger partial charge in [-0.25, -0.2) is 9.50 Å². The van der Waals surface area contributed by atoms with Crippen LogP contribution < -0.4 is 26.2 Å². The number of amides is 1. The highest BCUT2D eigenvalue weighted by Gasteiger charge is 2.21. The summed E-state index contributed by atoms with van der Waals surface area (Å²) in [4.78, 5) is 34.0. The van der Waals surface area contributed by atoms with Gasteiger partial charge >= 0.3 is 0 Å². The molecule has 1 saturated heterocycles. The maximum Gasteiger partial charge on any atom is 0.277 e. The number of pyridine rings is 2. The Morgan fingerprint density at radius 3 is 2.60 bits per heavy atom. The van der Waals surface area contributed by atoms with Crippen molar-refractivity contribution in [3.8, 4) is 39.5 Å². The van der Waals surface area contributed by atoms with Crippen LogP contribution in [0.15, 0.2) is 59.7 Å².